The standard InChI is InChI=1S/C10H11N5/c1-14-10-4-8-6-12-11-5-7(8)3-9(10)13-15(14)2/h3-6,13H,1-2H3. The van der Waals surface area contributed by atoms with Crippen LogP contribution in [0.15, 0.2) is 24.5 Å². The van der Waals surface area contributed by atoms with Crippen LogP contribution in [0, 0.1) is 0 Å². The number of hydrazine groups is 2. The fourth-order valence-corrected chi connectivity index (χ4v) is 1.80. The monoisotopic (exact) mass is 201 g/mol. The first kappa shape index (κ1) is 8.43. The first-order chi connectivity index (χ1) is 7.25. The molecule has 0 unspecified atom stereocenters. The largest absolute Gasteiger partial charge is 0.299 e. The molecule has 1 aliphatic rings. The number of benzene rings is 1. The summed E-state index contributed by atoms with van der Waals surface area (Å²) in [4.78, 5) is 0. The van der Waals surface area contributed by atoms with Crippen molar-refractivity contribution in [3.8, 4) is 0 Å². The van der Waals surface area contributed by atoms with Crippen molar-refractivity contribution in [2.45, 2.75) is 0 Å². The molecule has 0 saturated heterocycles. The molecule has 0 fully saturated rings. The lowest BCUT2D eigenvalue weighted by molar-refractivity contribution is 0.412. The summed E-state index contributed by atoms with van der Waals surface area (Å²) in [5, 5.41) is 13.9. The maximum absolute atomic E-state index is 3.88. The molecule has 0 atom stereocenters. The van der Waals surface area contributed by atoms with E-state index in [4.69, 9.17) is 0 Å². The number of fused-ring (bicyclic) bond motifs is 2. The number of rotatable bonds is 0. The van der Waals surface area contributed by atoms with Gasteiger partial charge in [-0.3, -0.25) is 10.4 Å². The van der Waals surface area contributed by atoms with Crippen molar-refractivity contribution in [3.63, 3.8) is 0 Å². The summed E-state index contributed by atoms with van der Waals surface area (Å²) in [5.74, 6) is 0. The second-order valence-electron chi connectivity index (χ2n) is 3.65. The van der Waals surface area contributed by atoms with Crippen LogP contribution in [0.25, 0.3) is 10.8 Å². The smallest absolute Gasteiger partial charge is 0.0788 e. The number of nitrogens with zero attached hydrogens (tertiary/aromatic N) is 4. The van der Waals surface area contributed by atoms with Crippen LogP contribution in [0.5, 0.6) is 0 Å². The molecule has 1 aromatic carbocycles. The van der Waals surface area contributed by atoms with Crippen molar-refractivity contribution in [1.29, 1.82) is 0 Å². The molecule has 0 saturated carbocycles. The molecule has 1 aromatic heterocycles. The average Bonchev–Trinajstić information content (AvgIpc) is 2.52. The van der Waals surface area contributed by atoms with Gasteiger partial charge in [0.25, 0.3) is 0 Å². The molecule has 3 rings (SSSR count). The van der Waals surface area contributed by atoms with E-state index in [1.165, 1.54) is 0 Å². The third-order valence-corrected chi connectivity index (χ3v) is 2.74. The van der Waals surface area contributed by atoms with Crippen molar-refractivity contribution in [3.05, 3.63) is 24.5 Å². The van der Waals surface area contributed by atoms with Crippen molar-refractivity contribution in [2.24, 2.45) is 0 Å². The number of hydrogen-bond acceptors (Lipinski definition) is 5. The molecule has 0 aliphatic carbocycles. The first-order valence-corrected chi connectivity index (χ1v) is 4.74. The molecule has 5 nitrogen and oxygen atoms in total. The summed E-state index contributed by atoms with van der Waals surface area (Å²) in [6, 6.07) is 4.19. The average molecular weight is 201 g/mol. The highest BCUT2D eigenvalue weighted by atomic mass is 15.8. The zero-order valence-corrected chi connectivity index (χ0v) is 8.60. The van der Waals surface area contributed by atoms with Crippen LogP contribution in [-0.4, -0.2) is 29.4 Å². The zero-order valence-electron chi connectivity index (χ0n) is 8.60. The number of nitrogens with one attached hydrogen (secondary N) is 1. The Bertz CT molecular complexity index is 524. The van der Waals surface area contributed by atoms with Gasteiger partial charge in [-0.15, -0.1) is 5.12 Å². The van der Waals surface area contributed by atoms with Crippen LogP contribution < -0.4 is 10.4 Å². The summed E-state index contributed by atoms with van der Waals surface area (Å²) < 4.78 is 0. The number of aromatic nitrogens is 2. The molecule has 1 aliphatic heterocycles. The van der Waals surface area contributed by atoms with Gasteiger partial charge in [0.15, 0.2) is 0 Å². The van der Waals surface area contributed by atoms with Gasteiger partial charge >= 0.3 is 0 Å². The Morgan fingerprint density at radius 1 is 1.07 bits per heavy atom. The Balaban J connectivity index is 2.27. The fourth-order valence-electron chi connectivity index (χ4n) is 1.80. The van der Waals surface area contributed by atoms with E-state index in [9.17, 15) is 0 Å². The zero-order chi connectivity index (χ0) is 10.4. The second kappa shape index (κ2) is 2.80. The molecule has 1 N–H and O–H groups in total. The van der Waals surface area contributed by atoms with Crippen molar-refractivity contribution in [2.75, 3.05) is 24.5 Å². The van der Waals surface area contributed by atoms with E-state index in [0.717, 1.165) is 22.1 Å². The third-order valence-electron chi connectivity index (χ3n) is 2.74. The Labute approximate surface area is 87.3 Å². The van der Waals surface area contributed by atoms with Gasteiger partial charge < -0.3 is 0 Å². The summed E-state index contributed by atoms with van der Waals surface area (Å²) >= 11 is 0. The van der Waals surface area contributed by atoms with Gasteiger partial charge in [-0.05, 0) is 12.1 Å². The summed E-state index contributed by atoms with van der Waals surface area (Å²) in [7, 11) is 3.99. The molecule has 0 bridgehead atoms. The van der Waals surface area contributed by atoms with Gasteiger partial charge in [-0.25, -0.2) is 0 Å². The molecule has 0 amide bonds. The minimum absolute atomic E-state index is 1.10. The van der Waals surface area contributed by atoms with E-state index in [1.54, 1.807) is 12.4 Å². The highest BCUT2D eigenvalue weighted by Crippen LogP contribution is 2.35. The highest BCUT2D eigenvalue weighted by molar-refractivity contribution is 5.92. The lowest BCUT2D eigenvalue weighted by atomic mass is 10.1. The van der Waals surface area contributed by atoms with E-state index in [2.05, 4.69) is 32.8 Å². The van der Waals surface area contributed by atoms with Crippen LogP contribution in [0.1, 0.15) is 0 Å². The molecule has 76 valence electrons. The molecule has 5 heteroatoms. The predicted molar refractivity (Wildman–Crippen MR) is 59.3 cm³/mol. The van der Waals surface area contributed by atoms with Crippen LogP contribution in [-0.2, 0) is 0 Å². The molecule has 2 aromatic rings. The minimum Gasteiger partial charge on any atom is -0.299 e. The maximum Gasteiger partial charge on any atom is 0.0788 e. The predicted octanol–water partition coefficient (Wildman–Crippen LogP) is 1.25. The van der Waals surface area contributed by atoms with Crippen molar-refractivity contribution < 1.29 is 0 Å². The summed E-state index contributed by atoms with van der Waals surface area (Å²) in [6.45, 7) is 0. The first-order valence-electron chi connectivity index (χ1n) is 4.74. The normalized spacial score (nSPS) is 15.5. The van der Waals surface area contributed by atoms with E-state index in [1.807, 2.05) is 19.2 Å². The summed E-state index contributed by atoms with van der Waals surface area (Å²) in [5.41, 5.74) is 5.50. The molecule has 0 spiro atoms. The summed E-state index contributed by atoms with van der Waals surface area (Å²) in [6.07, 6.45) is 3.55. The van der Waals surface area contributed by atoms with Crippen LogP contribution in [0.2, 0.25) is 0 Å². The Morgan fingerprint density at radius 2 is 1.73 bits per heavy atom. The van der Waals surface area contributed by atoms with Crippen LogP contribution >= 0.6 is 0 Å². The lowest BCUT2D eigenvalue weighted by Gasteiger charge is -2.20. The topological polar surface area (TPSA) is 44.3 Å². The molecule has 15 heavy (non-hydrogen) atoms. The van der Waals surface area contributed by atoms with Crippen LogP contribution in [0.4, 0.5) is 11.4 Å². The minimum atomic E-state index is 1.10. The Hall–Kier alpha value is -1.88. The van der Waals surface area contributed by atoms with Gasteiger partial charge in [-0.2, -0.15) is 10.2 Å². The molecule has 0 radical (unpaired) electrons. The maximum atomic E-state index is 3.88. The van der Waals surface area contributed by atoms with Gasteiger partial charge in [0, 0.05) is 24.9 Å². The molecule has 2 heterocycles. The van der Waals surface area contributed by atoms with E-state index >= 15 is 0 Å². The molecular weight excluding hydrogens is 190 g/mol. The number of anilines is 2. The fraction of sp³-hybridized carbons (Fsp3) is 0.200. The Kier molecular flexibility index (Phi) is 1.58. The van der Waals surface area contributed by atoms with E-state index < -0.39 is 0 Å². The van der Waals surface area contributed by atoms with Gasteiger partial charge in [-0.1, -0.05) is 0 Å². The molecular formula is C10H11N5. The lowest BCUT2D eigenvalue weighted by Crippen LogP contribution is -2.34. The quantitative estimate of drug-likeness (QED) is 0.695. The van der Waals surface area contributed by atoms with E-state index in [0.29, 0.717) is 0 Å². The van der Waals surface area contributed by atoms with Gasteiger partial charge in [0.1, 0.15) is 0 Å². The van der Waals surface area contributed by atoms with Crippen molar-refractivity contribution in [1.82, 2.24) is 15.3 Å². The van der Waals surface area contributed by atoms with Crippen LogP contribution in [0.3, 0.4) is 0 Å². The van der Waals surface area contributed by atoms with Gasteiger partial charge in [0.05, 0.1) is 23.8 Å². The van der Waals surface area contributed by atoms with Crippen molar-refractivity contribution >= 4 is 22.1 Å². The van der Waals surface area contributed by atoms with Gasteiger partial charge in [0.2, 0.25) is 0 Å². The second-order valence-corrected chi connectivity index (χ2v) is 3.65. The van der Waals surface area contributed by atoms with E-state index in [-0.39, 0.29) is 0 Å². The number of hydrogen-bond donors (Lipinski definition) is 1. The Morgan fingerprint density at radius 3 is 2.47 bits per heavy atom. The SMILES string of the molecule is CN1Nc2cc3cnncc3cc2N1C. The third kappa shape index (κ3) is 1.13. The highest BCUT2D eigenvalue weighted by Gasteiger charge is 2.20.